The van der Waals surface area contributed by atoms with Gasteiger partial charge in [-0.3, -0.25) is 4.79 Å². The summed E-state index contributed by atoms with van der Waals surface area (Å²) in [5.74, 6) is 0.309. The standard InChI is InChI=1S/C15H22BrNO2/c1-3-4-12(7-8-18)10-17-15(19)14-9-13(16)6-5-11(14)2/h5-6,9,12,18H,3-4,7-8,10H2,1-2H3,(H,17,19). The number of carbonyl (C=O) groups is 1. The monoisotopic (exact) mass is 327 g/mol. The SMILES string of the molecule is CCCC(CCO)CNC(=O)c1cc(Br)ccc1C. The van der Waals surface area contributed by atoms with Gasteiger partial charge in [0.1, 0.15) is 0 Å². The minimum atomic E-state index is -0.0437. The zero-order chi connectivity index (χ0) is 14.3. The van der Waals surface area contributed by atoms with E-state index in [1.807, 2.05) is 25.1 Å². The van der Waals surface area contributed by atoms with Gasteiger partial charge in [-0.25, -0.2) is 0 Å². The van der Waals surface area contributed by atoms with E-state index in [1.54, 1.807) is 0 Å². The number of hydrogen-bond donors (Lipinski definition) is 2. The van der Waals surface area contributed by atoms with E-state index in [1.165, 1.54) is 0 Å². The number of halogens is 1. The van der Waals surface area contributed by atoms with Crippen LogP contribution in [0.15, 0.2) is 22.7 Å². The lowest BCUT2D eigenvalue weighted by Crippen LogP contribution is -2.30. The third kappa shape index (κ3) is 5.33. The van der Waals surface area contributed by atoms with E-state index < -0.39 is 0 Å². The second-order valence-electron chi connectivity index (χ2n) is 4.84. The van der Waals surface area contributed by atoms with Crippen molar-refractivity contribution in [2.24, 2.45) is 5.92 Å². The van der Waals surface area contributed by atoms with E-state index >= 15 is 0 Å². The summed E-state index contributed by atoms with van der Waals surface area (Å²) in [6.45, 7) is 4.85. The summed E-state index contributed by atoms with van der Waals surface area (Å²) in [4.78, 5) is 12.1. The highest BCUT2D eigenvalue weighted by Crippen LogP contribution is 2.16. The lowest BCUT2D eigenvalue weighted by Gasteiger charge is -2.16. The fraction of sp³-hybridized carbons (Fsp3) is 0.533. The average molecular weight is 328 g/mol. The maximum absolute atomic E-state index is 12.1. The van der Waals surface area contributed by atoms with E-state index in [0.717, 1.165) is 29.3 Å². The van der Waals surface area contributed by atoms with E-state index in [4.69, 9.17) is 5.11 Å². The quantitative estimate of drug-likeness (QED) is 0.807. The maximum Gasteiger partial charge on any atom is 0.251 e. The molecule has 0 radical (unpaired) electrons. The summed E-state index contributed by atoms with van der Waals surface area (Å²) in [6, 6.07) is 5.69. The first kappa shape index (κ1) is 16.2. The van der Waals surface area contributed by atoms with E-state index in [-0.39, 0.29) is 12.5 Å². The number of carbonyl (C=O) groups excluding carboxylic acids is 1. The molecule has 1 aromatic carbocycles. The van der Waals surface area contributed by atoms with Gasteiger partial charge in [0.15, 0.2) is 0 Å². The Morgan fingerprint density at radius 1 is 1.42 bits per heavy atom. The Bertz CT molecular complexity index is 415. The molecule has 1 aromatic rings. The normalized spacial score (nSPS) is 12.2. The lowest BCUT2D eigenvalue weighted by molar-refractivity contribution is 0.0942. The minimum absolute atomic E-state index is 0.0437. The van der Waals surface area contributed by atoms with Crippen LogP contribution in [0.25, 0.3) is 0 Å². The molecule has 0 aliphatic carbocycles. The van der Waals surface area contributed by atoms with Crippen molar-refractivity contribution in [2.75, 3.05) is 13.2 Å². The predicted molar refractivity (Wildman–Crippen MR) is 81.3 cm³/mol. The number of benzene rings is 1. The van der Waals surface area contributed by atoms with Gasteiger partial charge in [0.2, 0.25) is 0 Å². The highest BCUT2D eigenvalue weighted by molar-refractivity contribution is 9.10. The van der Waals surface area contributed by atoms with Gasteiger partial charge in [-0.05, 0) is 43.4 Å². The van der Waals surface area contributed by atoms with Crippen LogP contribution in [0.2, 0.25) is 0 Å². The highest BCUT2D eigenvalue weighted by Gasteiger charge is 2.12. The molecule has 0 saturated heterocycles. The number of rotatable bonds is 7. The topological polar surface area (TPSA) is 49.3 Å². The smallest absolute Gasteiger partial charge is 0.251 e. The molecule has 1 rings (SSSR count). The summed E-state index contributed by atoms with van der Waals surface area (Å²) in [7, 11) is 0. The first-order valence-electron chi connectivity index (χ1n) is 6.73. The molecule has 1 unspecified atom stereocenters. The third-order valence-corrected chi connectivity index (χ3v) is 3.72. The molecule has 0 spiro atoms. The molecule has 19 heavy (non-hydrogen) atoms. The van der Waals surface area contributed by atoms with Crippen molar-refractivity contribution < 1.29 is 9.90 Å². The molecule has 0 aliphatic rings. The molecular weight excluding hydrogens is 306 g/mol. The fourth-order valence-electron chi connectivity index (χ4n) is 2.11. The van der Waals surface area contributed by atoms with Gasteiger partial charge in [-0.2, -0.15) is 0 Å². The fourth-order valence-corrected chi connectivity index (χ4v) is 2.47. The summed E-state index contributed by atoms with van der Waals surface area (Å²) in [5, 5.41) is 12.0. The molecule has 2 N–H and O–H groups in total. The largest absolute Gasteiger partial charge is 0.396 e. The Labute approximate surface area is 123 Å². The molecule has 106 valence electrons. The summed E-state index contributed by atoms with van der Waals surface area (Å²) < 4.78 is 0.906. The Balaban J connectivity index is 2.61. The van der Waals surface area contributed by atoms with Gasteiger partial charge in [-0.1, -0.05) is 35.3 Å². The van der Waals surface area contributed by atoms with Gasteiger partial charge in [0.05, 0.1) is 0 Å². The predicted octanol–water partition coefficient (Wildman–Crippen LogP) is 3.29. The first-order chi connectivity index (χ1) is 9.08. The lowest BCUT2D eigenvalue weighted by atomic mass is 10.00. The van der Waals surface area contributed by atoms with Crippen molar-refractivity contribution in [2.45, 2.75) is 33.1 Å². The Kier molecular flexibility index (Phi) is 7.10. The van der Waals surface area contributed by atoms with Crippen molar-refractivity contribution in [3.8, 4) is 0 Å². The van der Waals surface area contributed by atoms with Crippen molar-refractivity contribution in [3.05, 3.63) is 33.8 Å². The van der Waals surface area contributed by atoms with Crippen molar-refractivity contribution in [1.29, 1.82) is 0 Å². The maximum atomic E-state index is 12.1. The van der Waals surface area contributed by atoms with Crippen LogP contribution in [0.4, 0.5) is 0 Å². The van der Waals surface area contributed by atoms with Gasteiger partial charge in [-0.15, -0.1) is 0 Å². The van der Waals surface area contributed by atoms with Crippen molar-refractivity contribution >= 4 is 21.8 Å². The summed E-state index contributed by atoms with van der Waals surface area (Å²) >= 11 is 3.38. The van der Waals surface area contributed by atoms with Crippen LogP contribution in [-0.2, 0) is 0 Å². The molecule has 0 bridgehead atoms. The van der Waals surface area contributed by atoms with Gasteiger partial charge < -0.3 is 10.4 Å². The molecule has 1 amide bonds. The number of amides is 1. The van der Waals surface area contributed by atoms with Gasteiger partial charge in [0.25, 0.3) is 5.91 Å². The minimum Gasteiger partial charge on any atom is -0.396 e. The Morgan fingerprint density at radius 2 is 2.16 bits per heavy atom. The molecule has 0 saturated carbocycles. The number of aliphatic hydroxyl groups is 1. The van der Waals surface area contributed by atoms with Gasteiger partial charge in [0, 0.05) is 23.2 Å². The molecule has 3 nitrogen and oxygen atoms in total. The number of nitrogens with one attached hydrogen (secondary N) is 1. The number of aryl methyl sites for hydroxylation is 1. The van der Waals surface area contributed by atoms with Crippen LogP contribution in [0.1, 0.15) is 42.1 Å². The molecule has 0 aromatic heterocycles. The van der Waals surface area contributed by atoms with Gasteiger partial charge >= 0.3 is 0 Å². The Morgan fingerprint density at radius 3 is 2.79 bits per heavy atom. The average Bonchev–Trinajstić information content (AvgIpc) is 2.39. The van der Waals surface area contributed by atoms with Crippen molar-refractivity contribution in [3.63, 3.8) is 0 Å². The van der Waals surface area contributed by atoms with Crippen LogP contribution in [0.3, 0.4) is 0 Å². The summed E-state index contributed by atoms with van der Waals surface area (Å²) in [5.41, 5.74) is 1.67. The van der Waals surface area contributed by atoms with E-state index in [2.05, 4.69) is 28.2 Å². The molecule has 4 heteroatoms. The molecule has 0 aliphatic heterocycles. The first-order valence-corrected chi connectivity index (χ1v) is 7.53. The second kappa shape index (κ2) is 8.33. The molecular formula is C15H22BrNO2. The van der Waals surface area contributed by atoms with Crippen LogP contribution >= 0.6 is 15.9 Å². The molecule has 0 heterocycles. The van der Waals surface area contributed by atoms with Crippen LogP contribution < -0.4 is 5.32 Å². The van der Waals surface area contributed by atoms with Crippen molar-refractivity contribution in [1.82, 2.24) is 5.32 Å². The van der Waals surface area contributed by atoms with E-state index in [9.17, 15) is 4.79 Å². The zero-order valence-electron chi connectivity index (χ0n) is 11.6. The number of aliphatic hydroxyl groups excluding tert-OH is 1. The summed E-state index contributed by atoms with van der Waals surface area (Å²) in [6.07, 6.45) is 2.83. The second-order valence-corrected chi connectivity index (χ2v) is 5.75. The Hall–Kier alpha value is -0.870. The highest BCUT2D eigenvalue weighted by atomic mass is 79.9. The molecule has 1 atom stereocenters. The van der Waals surface area contributed by atoms with Crippen LogP contribution in [0.5, 0.6) is 0 Å². The third-order valence-electron chi connectivity index (χ3n) is 3.23. The molecule has 0 fully saturated rings. The number of hydrogen-bond acceptors (Lipinski definition) is 2. The van der Waals surface area contributed by atoms with Crippen LogP contribution in [-0.4, -0.2) is 24.2 Å². The van der Waals surface area contributed by atoms with Crippen LogP contribution in [0, 0.1) is 12.8 Å². The van der Waals surface area contributed by atoms with E-state index in [0.29, 0.717) is 18.0 Å². The zero-order valence-corrected chi connectivity index (χ0v) is 13.2.